The minimum Gasteiger partial charge on any atom is -0.392 e. The van der Waals surface area contributed by atoms with Crippen molar-refractivity contribution >= 4 is 39.6 Å². The zero-order valence-electron chi connectivity index (χ0n) is 12.0. The summed E-state index contributed by atoms with van der Waals surface area (Å²) in [6.45, 7) is 3.10. The average Bonchev–Trinajstić information content (AvgIpc) is 3.18. The number of hydrogen-bond acceptors (Lipinski definition) is 5. The molecule has 1 aromatic rings. The largest absolute Gasteiger partial charge is 0.392 e. The highest BCUT2D eigenvalue weighted by atomic mass is 32.1. The Hall–Kier alpha value is -1.21. The first-order valence-corrected chi connectivity index (χ1v) is 8.66. The Kier molecular flexibility index (Phi) is 4.12. The van der Waals surface area contributed by atoms with Gasteiger partial charge in [0.15, 0.2) is 5.13 Å². The fourth-order valence-electron chi connectivity index (χ4n) is 3.32. The van der Waals surface area contributed by atoms with E-state index in [1.54, 1.807) is 11.3 Å². The monoisotopic (exact) mass is 324 g/mol. The second-order valence-corrected chi connectivity index (χ2v) is 7.06. The molecule has 1 aromatic heterocycles. The number of carbonyl (C=O) groups is 1. The number of anilines is 1. The van der Waals surface area contributed by atoms with Crippen molar-refractivity contribution in [3.8, 4) is 0 Å². The van der Waals surface area contributed by atoms with Gasteiger partial charge in [-0.05, 0) is 12.8 Å². The molecule has 7 heteroatoms. The van der Waals surface area contributed by atoms with Crippen molar-refractivity contribution in [2.24, 2.45) is 11.1 Å². The Morgan fingerprint density at radius 2 is 1.95 bits per heavy atom. The molecule has 1 saturated heterocycles. The highest BCUT2D eigenvalue weighted by molar-refractivity contribution is 7.80. The molecule has 0 spiro atoms. The van der Waals surface area contributed by atoms with E-state index in [9.17, 15) is 4.79 Å². The number of nitrogens with zero attached hydrogens (tertiary/aromatic N) is 3. The molecule has 3 rings (SSSR count). The molecule has 2 heterocycles. The second-order valence-electron chi connectivity index (χ2n) is 5.75. The van der Waals surface area contributed by atoms with Crippen LogP contribution in [0.25, 0.3) is 0 Å². The first-order valence-electron chi connectivity index (χ1n) is 7.37. The number of aromatic nitrogens is 1. The number of piperazine rings is 1. The molecule has 21 heavy (non-hydrogen) atoms. The van der Waals surface area contributed by atoms with Crippen LogP contribution in [-0.4, -0.2) is 47.0 Å². The average molecular weight is 324 g/mol. The van der Waals surface area contributed by atoms with Crippen molar-refractivity contribution in [1.82, 2.24) is 9.88 Å². The van der Waals surface area contributed by atoms with Crippen LogP contribution in [0.3, 0.4) is 0 Å². The van der Waals surface area contributed by atoms with Crippen molar-refractivity contribution < 1.29 is 4.79 Å². The zero-order valence-corrected chi connectivity index (χ0v) is 13.6. The van der Waals surface area contributed by atoms with Crippen LogP contribution in [0.4, 0.5) is 5.13 Å². The van der Waals surface area contributed by atoms with Crippen LogP contribution in [0.1, 0.15) is 25.7 Å². The molecule has 0 atom stereocenters. The lowest BCUT2D eigenvalue weighted by atomic mass is 9.84. The fourth-order valence-corrected chi connectivity index (χ4v) is 4.31. The van der Waals surface area contributed by atoms with Crippen LogP contribution in [0.15, 0.2) is 11.6 Å². The van der Waals surface area contributed by atoms with Crippen molar-refractivity contribution in [3.63, 3.8) is 0 Å². The van der Waals surface area contributed by atoms with Crippen molar-refractivity contribution in [1.29, 1.82) is 0 Å². The summed E-state index contributed by atoms with van der Waals surface area (Å²) in [4.78, 5) is 21.8. The summed E-state index contributed by atoms with van der Waals surface area (Å²) in [5, 5.41) is 3.01. The predicted molar refractivity (Wildman–Crippen MR) is 88.6 cm³/mol. The summed E-state index contributed by atoms with van der Waals surface area (Å²) < 4.78 is 0. The Morgan fingerprint density at radius 3 is 2.48 bits per heavy atom. The second kappa shape index (κ2) is 5.88. The number of carbonyl (C=O) groups excluding carboxylic acids is 1. The fraction of sp³-hybridized carbons (Fsp3) is 0.643. The summed E-state index contributed by atoms with van der Waals surface area (Å²) in [5.41, 5.74) is 5.34. The van der Waals surface area contributed by atoms with Gasteiger partial charge in [-0.3, -0.25) is 4.79 Å². The molecule has 1 aliphatic carbocycles. The molecule has 0 radical (unpaired) electrons. The number of thiazole rings is 1. The van der Waals surface area contributed by atoms with Gasteiger partial charge in [-0.1, -0.05) is 25.1 Å². The molecule has 0 aromatic carbocycles. The van der Waals surface area contributed by atoms with Crippen LogP contribution in [0, 0.1) is 5.41 Å². The highest BCUT2D eigenvalue weighted by Gasteiger charge is 2.46. The van der Waals surface area contributed by atoms with Crippen LogP contribution in [0.2, 0.25) is 0 Å². The third-order valence-corrected chi connectivity index (χ3v) is 5.82. The maximum absolute atomic E-state index is 12.9. The normalized spacial score (nSPS) is 21.5. The molecule has 5 nitrogen and oxygen atoms in total. The molecule has 2 N–H and O–H groups in total. The van der Waals surface area contributed by atoms with Gasteiger partial charge in [-0.2, -0.15) is 0 Å². The lowest BCUT2D eigenvalue weighted by Gasteiger charge is -2.39. The van der Waals surface area contributed by atoms with E-state index in [1.165, 1.54) is 0 Å². The van der Waals surface area contributed by atoms with E-state index in [2.05, 4.69) is 9.88 Å². The molecule has 2 aliphatic rings. The van der Waals surface area contributed by atoms with Gasteiger partial charge < -0.3 is 15.5 Å². The number of hydrogen-bond donors (Lipinski definition) is 1. The van der Waals surface area contributed by atoms with E-state index >= 15 is 0 Å². The summed E-state index contributed by atoms with van der Waals surface area (Å²) in [7, 11) is 0. The Morgan fingerprint density at radius 1 is 1.29 bits per heavy atom. The van der Waals surface area contributed by atoms with E-state index in [4.69, 9.17) is 18.0 Å². The van der Waals surface area contributed by atoms with E-state index in [0.717, 1.165) is 57.0 Å². The van der Waals surface area contributed by atoms with Crippen molar-refractivity contribution in [3.05, 3.63) is 11.6 Å². The van der Waals surface area contributed by atoms with Gasteiger partial charge in [0.2, 0.25) is 5.91 Å². The topological polar surface area (TPSA) is 62.5 Å². The maximum atomic E-state index is 12.9. The third-order valence-electron chi connectivity index (χ3n) is 4.59. The number of amides is 1. The number of nitrogens with two attached hydrogens (primary N) is 1. The Balaban J connectivity index is 1.66. The summed E-state index contributed by atoms with van der Waals surface area (Å²) in [6, 6.07) is 0. The van der Waals surface area contributed by atoms with Gasteiger partial charge in [0.1, 0.15) is 0 Å². The van der Waals surface area contributed by atoms with Crippen LogP contribution in [-0.2, 0) is 4.79 Å². The maximum Gasteiger partial charge on any atom is 0.235 e. The molecule has 1 aliphatic heterocycles. The van der Waals surface area contributed by atoms with E-state index in [1.807, 2.05) is 16.5 Å². The lowest BCUT2D eigenvalue weighted by Crippen LogP contribution is -2.55. The van der Waals surface area contributed by atoms with Crippen LogP contribution < -0.4 is 10.6 Å². The summed E-state index contributed by atoms with van der Waals surface area (Å²) in [6.07, 6.45) is 5.53. The zero-order chi connectivity index (χ0) is 14.9. The number of rotatable bonds is 3. The number of thiocarbonyl (C=S) groups is 1. The van der Waals surface area contributed by atoms with E-state index < -0.39 is 5.41 Å². The smallest absolute Gasteiger partial charge is 0.235 e. The van der Waals surface area contributed by atoms with Crippen molar-refractivity contribution in [2.75, 3.05) is 31.1 Å². The van der Waals surface area contributed by atoms with Gasteiger partial charge in [0, 0.05) is 37.8 Å². The molecule has 0 bridgehead atoms. The first-order chi connectivity index (χ1) is 10.1. The molecule has 114 valence electrons. The van der Waals surface area contributed by atoms with Gasteiger partial charge in [-0.25, -0.2) is 4.98 Å². The Labute approximate surface area is 134 Å². The molecule has 2 fully saturated rings. The molecular weight excluding hydrogens is 304 g/mol. The molecule has 1 saturated carbocycles. The standard InChI is InChI=1S/C14H20N4OS2/c15-11(20)14(3-1-2-4-14)12(19)17-6-8-18(9-7-17)13-16-5-10-21-13/h5,10H,1-4,6-9H2,(H2,15,20). The van der Waals surface area contributed by atoms with Crippen molar-refractivity contribution in [2.45, 2.75) is 25.7 Å². The van der Waals surface area contributed by atoms with E-state index in [0.29, 0.717) is 4.99 Å². The molecule has 1 amide bonds. The minimum atomic E-state index is -0.571. The van der Waals surface area contributed by atoms with Crippen LogP contribution in [0.5, 0.6) is 0 Å². The third kappa shape index (κ3) is 2.64. The van der Waals surface area contributed by atoms with Gasteiger partial charge in [0.25, 0.3) is 0 Å². The van der Waals surface area contributed by atoms with Gasteiger partial charge in [-0.15, -0.1) is 11.3 Å². The highest BCUT2D eigenvalue weighted by Crippen LogP contribution is 2.40. The predicted octanol–water partition coefficient (Wildman–Crippen LogP) is 1.64. The lowest BCUT2D eigenvalue weighted by molar-refractivity contribution is -0.138. The quantitative estimate of drug-likeness (QED) is 0.857. The first kappa shape index (κ1) is 14.7. The Bertz CT molecular complexity index is 517. The SMILES string of the molecule is NC(=S)C1(C(=O)N2CCN(c3nccs3)CC2)CCCC1. The summed E-state index contributed by atoms with van der Waals surface area (Å²) >= 11 is 6.85. The van der Waals surface area contributed by atoms with Gasteiger partial charge in [0.05, 0.1) is 10.4 Å². The minimum absolute atomic E-state index is 0.145. The molecule has 0 unspecified atom stereocenters. The van der Waals surface area contributed by atoms with E-state index in [-0.39, 0.29) is 5.91 Å². The summed E-state index contributed by atoms with van der Waals surface area (Å²) in [5.74, 6) is 0.145. The van der Waals surface area contributed by atoms with Gasteiger partial charge >= 0.3 is 0 Å². The van der Waals surface area contributed by atoms with Crippen LogP contribution >= 0.6 is 23.6 Å². The molecular formula is C14H20N4OS2.